The molecule has 0 spiro atoms. The topological polar surface area (TPSA) is 70.3 Å². The molecule has 0 aromatic carbocycles. The molecule has 0 saturated carbocycles. The zero-order valence-corrected chi connectivity index (χ0v) is 6.41. The molecule has 0 bridgehead atoms. The van der Waals surface area contributed by atoms with Crippen molar-refractivity contribution in [2.45, 2.75) is 32.3 Å². The Balaban J connectivity index is 3.72. The lowest BCUT2D eigenvalue weighted by Crippen LogP contribution is -2.21. The third kappa shape index (κ3) is 4.20. The third-order valence-corrected chi connectivity index (χ3v) is 1.29. The highest BCUT2D eigenvalue weighted by Gasteiger charge is 2.17. The van der Waals surface area contributed by atoms with Gasteiger partial charge in [0, 0.05) is 0 Å². The molecule has 0 heterocycles. The maximum absolute atomic E-state index is 10.3. The van der Waals surface area contributed by atoms with Gasteiger partial charge in [-0.3, -0.25) is 0 Å². The van der Waals surface area contributed by atoms with Crippen molar-refractivity contribution < 1.29 is 14.6 Å². The van der Waals surface area contributed by atoms with Crippen LogP contribution in [0.15, 0.2) is 0 Å². The molecular weight excluding hydrogens is 146 g/mol. The third-order valence-electron chi connectivity index (χ3n) is 1.29. The van der Waals surface area contributed by atoms with E-state index >= 15 is 0 Å². The fourth-order valence-electron chi connectivity index (χ4n) is 0.686. The van der Waals surface area contributed by atoms with E-state index in [2.05, 4.69) is 4.74 Å². The van der Waals surface area contributed by atoms with Crippen LogP contribution in [0.5, 0.6) is 0 Å². The molecule has 0 radical (unpaired) electrons. The van der Waals surface area contributed by atoms with Crippen LogP contribution in [-0.4, -0.2) is 17.2 Å². The van der Waals surface area contributed by atoms with Gasteiger partial charge in [0.25, 0.3) is 6.26 Å². The van der Waals surface area contributed by atoms with Gasteiger partial charge in [-0.25, -0.2) is 4.79 Å². The molecule has 0 fully saturated rings. The molecule has 0 aliphatic heterocycles. The SMILES string of the molecule is CCCCC(OC#N)C(=O)O. The summed E-state index contributed by atoms with van der Waals surface area (Å²) < 4.78 is 4.31. The minimum atomic E-state index is -1.07. The number of rotatable bonds is 5. The minimum absolute atomic E-state index is 0.402. The monoisotopic (exact) mass is 157 g/mol. The van der Waals surface area contributed by atoms with Crippen molar-refractivity contribution in [1.82, 2.24) is 0 Å². The minimum Gasteiger partial charge on any atom is -0.478 e. The Labute approximate surface area is 65.4 Å². The van der Waals surface area contributed by atoms with Crippen molar-refractivity contribution in [1.29, 1.82) is 5.26 Å². The van der Waals surface area contributed by atoms with Gasteiger partial charge in [0.15, 0.2) is 0 Å². The summed E-state index contributed by atoms with van der Waals surface area (Å²) in [5.41, 5.74) is 0. The van der Waals surface area contributed by atoms with Crippen LogP contribution in [0.3, 0.4) is 0 Å². The number of hydrogen-bond acceptors (Lipinski definition) is 3. The first-order valence-electron chi connectivity index (χ1n) is 3.50. The summed E-state index contributed by atoms with van der Waals surface area (Å²) >= 11 is 0. The summed E-state index contributed by atoms with van der Waals surface area (Å²) in [6.07, 6.45) is 2.48. The van der Waals surface area contributed by atoms with Gasteiger partial charge in [0.2, 0.25) is 6.10 Å². The molecular formula is C7H11NO3. The summed E-state index contributed by atoms with van der Waals surface area (Å²) in [7, 11) is 0. The Morgan fingerprint density at radius 2 is 2.45 bits per heavy atom. The number of nitrogens with zero attached hydrogens (tertiary/aromatic N) is 1. The zero-order chi connectivity index (χ0) is 8.69. The molecule has 0 aromatic rings. The van der Waals surface area contributed by atoms with Crippen molar-refractivity contribution in [2.75, 3.05) is 0 Å². The number of carbonyl (C=O) groups is 1. The van der Waals surface area contributed by atoms with Crippen LogP contribution in [0.2, 0.25) is 0 Å². The molecule has 4 nitrogen and oxygen atoms in total. The van der Waals surface area contributed by atoms with Gasteiger partial charge >= 0.3 is 5.97 Å². The first-order chi connectivity index (χ1) is 5.22. The summed E-state index contributed by atoms with van der Waals surface area (Å²) in [5, 5.41) is 16.5. The van der Waals surface area contributed by atoms with Gasteiger partial charge in [0.1, 0.15) is 0 Å². The maximum atomic E-state index is 10.3. The molecule has 0 aromatic heterocycles. The number of ether oxygens (including phenoxy) is 1. The lowest BCUT2D eigenvalue weighted by atomic mass is 10.2. The Morgan fingerprint density at radius 3 is 2.82 bits per heavy atom. The predicted octanol–water partition coefficient (Wildman–Crippen LogP) is 1.13. The molecule has 0 amide bonds. The standard InChI is InChI=1S/C7H11NO3/c1-2-3-4-6(7(9)10)11-5-8/h6H,2-4H2,1H3,(H,9,10). The smallest absolute Gasteiger partial charge is 0.346 e. The van der Waals surface area contributed by atoms with Crippen LogP contribution < -0.4 is 0 Å². The van der Waals surface area contributed by atoms with Gasteiger partial charge < -0.3 is 9.84 Å². The fraction of sp³-hybridized carbons (Fsp3) is 0.714. The number of carboxylic acid groups (broad SMARTS) is 1. The van der Waals surface area contributed by atoms with Gasteiger partial charge in [-0.05, 0) is 12.8 Å². The summed E-state index contributed by atoms with van der Waals surface area (Å²) in [5.74, 6) is -1.07. The number of nitriles is 1. The second-order valence-electron chi connectivity index (χ2n) is 2.18. The zero-order valence-electron chi connectivity index (χ0n) is 6.41. The fourth-order valence-corrected chi connectivity index (χ4v) is 0.686. The Hall–Kier alpha value is -1.24. The van der Waals surface area contributed by atoms with Crippen LogP contribution in [-0.2, 0) is 9.53 Å². The molecule has 1 N–H and O–H groups in total. The van der Waals surface area contributed by atoms with E-state index in [1.165, 1.54) is 6.26 Å². The average Bonchev–Trinajstić information content (AvgIpc) is 1.97. The van der Waals surface area contributed by atoms with Gasteiger partial charge in [-0.2, -0.15) is 5.26 Å². The molecule has 0 saturated heterocycles. The van der Waals surface area contributed by atoms with Gasteiger partial charge in [0.05, 0.1) is 0 Å². The molecule has 62 valence electrons. The highest BCUT2D eigenvalue weighted by Crippen LogP contribution is 2.03. The van der Waals surface area contributed by atoms with Crippen LogP contribution in [0, 0.1) is 11.5 Å². The molecule has 1 atom stereocenters. The number of hydrogen-bond donors (Lipinski definition) is 1. The summed E-state index contributed by atoms with van der Waals surface area (Å²) in [6.45, 7) is 1.95. The van der Waals surface area contributed by atoms with Crippen molar-refractivity contribution in [3.63, 3.8) is 0 Å². The van der Waals surface area contributed by atoms with E-state index in [0.717, 1.165) is 12.8 Å². The highest BCUT2D eigenvalue weighted by atomic mass is 16.5. The van der Waals surface area contributed by atoms with Gasteiger partial charge in [-0.15, -0.1) is 0 Å². The Morgan fingerprint density at radius 1 is 1.82 bits per heavy atom. The Kier molecular flexibility index (Phi) is 4.91. The quantitative estimate of drug-likeness (QED) is 0.607. The lowest BCUT2D eigenvalue weighted by molar-refractivity contribution is -0.146. The average molecular weight is 157 g/mol. The first kappa shape index (κ1) is 9.76. The second kappa shape index (κ2) is 5.54. The van der Waals surface area contributed by atoms with Crippen LogP contribution in [0.25, 0.3) is 0 Å². The largest absolute Gasteiger partial charge is 0.478 e. The molecule has 1 unspecified atom stereocenters. The van der Waals surface area contributed by atoms with Crippen molar-refractivity contribution in [3.05, 3.63) is 0 Å². The Bertz CT molecular complexity index is 162. The molecule has 11 heavy (non-hydrogen) atoms. The summed E-state index contributed by atoms with van der Waals surface area (Å²) in [6, 6.07) is 0. The van der Waals surface area contributed by atoms with Crippen molar-refractivity contribution in [2.24, 2.45) is 0 Å². The van der Waals surface area contributed by atoms with Crippen LogP contribution >= 0.6 is 0 Å². The number of carboxylic acids is 1. The maximum Gasteiger partial charge on any atom is 0.346 e. The summed E-state index contributed by atoms with van der Waals surface area (Å²) in [4.78, 5) is 10.3. The molecule has 0 aliphatic carbocycles. The number of unbranched alkanes of at least 4 members (excludes halogenated alkanes) is 1. The molecule has 4 heteroatoms. The molecule has 0 aliphatic rings. The van der Waals surface area contributed by atoms with E-state index in [4.69, 9.17) is 10.4 Å². The van der Waals surface area contributed by atoms with E-state index in [9.17, 15) is 4.79 Å². The van der Waals surface area contributed by atoms with E-state index in [-0.39, 0.29) is 0 Å². The van der Waals surface area contributed by atoms with E-state index in [0.29, 0.717) is 6.42 Å². The van der Waals surface area contributed by atoms with E-state index < -0.39 is 12.1 Å². The van der Waals surface area contributed by atoms with Crippen molar-refractivity contribution in [3.8, 4) is 6.26 Å². The number of aliphatic carboxylic acids is 1. The van der Waals surface area contributed by atoms with E-state index in [1.807, 2.05) is 6.92 Å². The first-order valence-corrected chi connectivity index (χ1v) is 3.50. The van der Waals surface area contributed by atoms with Crippen LogP contribution in [0.4, 0.5) is 0 Å². The second-order valence-corrected chi connectivity index (χ2v) is 2.18. The van der Waals surface area contributed by atoms with E-state index in [1.54, 1.807) is 0 Å². The molecule has 0 rings (SSSR count). The highest BCUT2D eigenvalue weighted by molar-refractivity contribution is 5.72. The van der Waals surface area contributed by atoms with Gasteiger partial charge in [-0.1, -0.05) is 13.3 Å². The van der Waals surface area contributed by atoms with Crippen molar-refractivity contribution >= 4 is 5.97 Å². The predicted molar refractivity (Wildman–Crippen MR) is 37.6 cm³/mol. The van der Waals surface area contributed by atoms with Crippen LogP contribution in [0.1, 0.15) is 26.2 Å². The lowest BCUT2D eigenvalue weighted by Gasteiger charge is -2.06. The normalized spacial score (nSPS) is 11.6.